The highest BCUT2D eigenvalue weighted by Gasteiger charge is 2.32. The standard InChI is InChI=1S/C13H17ClF3N3/c1-20(8-10-4-2-3-5-18-10)12-11(14)6-9(7-19-12)13(15,16)17/h6-7,10,18H,2-5,8H2,1H3. The first-order chi connectivity index (χ1) is 9.38. The second-order valence-electron chi connectivity index (χ2n) is 5.05. The SMILES string of the molecule is CN(CC1CCCCN1)c1ncc(C(F)(F)F)cc1Cl. The molecule has 7 heteroatoms. The summed E-state index contributed by atoms with van der Waals surface area (Å²) in [5.41, 5.74) is -0.824. The second kappa shape index (κ2) is 6.18. The first kappa shape index (κ1) is 15.4. The Morgan fingerprint density at radius 3 is 2.75 bits per heavy atom. The monoisotopic (exact) mass is 307 g/mol. The van der Waals surface area contributed by atoms with E-state index < -0.39 is 11.7 Å². The van der Waals surface area contributed by atoms with Gasteiger partial charge in [0, 0.05) is 25.8 Å². The molecule has 1 aliphatic heterocycles. The van der Waals surface area contributed by atoms with Gasteiger partial charge in [0.15, 0.2) is 0 Å². The molecule has 0 radical (unpaired) electrons. The van der Waals surface area contributed by atoms with E-state index in [1.165, 1.54) is 12.8 Å². The molecule has 0 amide bonds. The van der Waals surface area contributed by atoms with Crippen LogP contribution in [0.1, 0.15) is 24.8 Å². The minimum atomic E-state index is -4.42. The fraction of sp³-hybridized carbons (Fsp3) is 0.615. The van der Waals surface area contributed by atoms with Crippen molar-refractivity contribution in [1.82, 2.24) is 10.3 Å². The van der Waals surface area contributed by atoms with Crippen LogP contribution in [-0.2, 0) is 6.18 Å². The van der Waals surface area contributed by atoms with Gasteiger partial charge in [0.1, 0.15) is 5.82 Å². The fourth-order valence-corrected chi connectivity index (χ4v) is 2.67. The lowest BCUT2D eigenvalue weighted by atomic mass is 10.0. The number of halogens is 4. The highest BCUT2D eigenvalue weighted by Crippen LogP contribution is 2.33. The first-order valence-corrected chi connectivity index (χ1v) is 6.93. The maximum absolute atomic E-state index is 12.6. The van der Waals surface area contributed by atoms with Gasteiger partial charge in [0.25, 0.3) is 0 Å². The van der Waals surface area contributed by atoms with Gasteiger partial charge < -0.3 is 10.2 Å². The third kappa shape index (κ3) is 3.76. The highest BCUT2D eigenvalue weighted by atomic mass is 35.5. The van der Waals surface area contributed by atoms with Crippen LogP contribution in [0.2, 0.25) is 5.02 Å². The summed E-state index contributed by atoms with van der Waals surface area (Å²) in [5, 5.41) is 3.41. The molecule has 1 N–H and O–H groups in total. The Labute approximate surface area is 121 Å². The largest absolute Gasteiger partial charge is 0.417 e. The van der Waals surface area contributed by atoms with E-state index in [4.69, 9.17) is 11.6 Å². The summed E-state index contributed by atoms with van der Waals surface area (Å²) in [7, 11) is 1.79. The maximum atomic E-state index is 12.6. The van der Waals surface area contributed by atoms with E-state index in [0.29, 0.717) is 18.4 Å². The van der Waals surface area contributed by atoms with Crippen LogP contribution < -0.4 is 10.2 Å². The minimum absolute atomic E-state index is 0.0261. The molecule has 1 aromatic heterocycles. The van der Waals surface area contributed by atoms with Gasteiger partial charge in [-0.05, 0) is 25.5 Å². The molecule has 20 heavy (non-hydrogen) atoms. The fourth-order valence-electron chi connectivity index (χ4n) is 2.36. The van der Waals surface area contributed by atoms with Crippen molar-refractivity contribution in [2.75, 3.05) is 25.0 Å². The molecular formula is C13H17ClF3N3. The summed E-state index contributed by atoms with van der Waals surface area (Å²) in [6.45, 7) is 1.66. The van der Waals surface area contributed by atoms with Crippen LogP contribution in [0.3, 0.4) is 0 Å². The Hall–Kier alpha value is -1.01. The van der Waals surface area contributed by atoms with Gasteiger partial charge in [-0.2, -0.15) is 13.2 Å². The number of likely N-dealkylation sites (N-methyl/N-ethyl adjacent to an activating group) is 1. The van der Waals surface area contributed by atoms with Gasteiger partial charge in [-0.1, -0.05) is 18.0 Å². The molecule has 0 aromatic carbocycles. The summed E-state index contributed by atoms with van der Waals surface area (Å²) < 4.78 is 37.7. The predicted octanol–water partition coefficient (Wildman–Crippen LogP) is 3.33. The van der Waals surface area contributed by atoms with Crippen LogP contribution in [0, 0.1) is 0 Å². The number of piperidine rings is 1. The van der Waals surface area contributed by atoms with Gasteiger partial charge in [-0.15, -0.1) is 0 Å². The van der Waals surface area contributed by atoms with Crippen molar-refractivity contribution < 1.29 is 13.2 Å². The van der Waals surface area contributed by atoms with E-state index in [1.54, 1.807) is 11.9 Å². The number of alkyl halides is 3. The molecule has 0 aliphatic carbocycles. The third-order valence-electron chi connectivity index (χ3n) is 3.42. The van der Waals surface area contributed by atoms with Crippen LogP contribution in [0.5, 0.6) is 0 Å². The highest BCUT2D eigenvalue weighted by molar-refractivity contribution is 6.33. The Kier molecular flexibility index (Phi) is 4.75. The molecular weight excluding hydrogens is 291 g/mol. The van der Waals surface area contributed by atoms with Crippen LogP contribution in [0.4, 0.5) is 19.0 Å². The molecule has 112 valence electrons. The molecule has 0 bridgehead atoms. The number of aromatic nitrogens is 1. The predicted molar refractivity (Wildman–Crippen MR) is 73.2 cm³/mol. The van der Waals surface area contributed by atoms with E-state index in [-0.39, 0.29) is 5.02 Å². The molecule has 1 fully saturated rings. The summed E-state index contributed by atoms with van der Waals surface area (Å²) in [6, 6.07) is 1.25. The first-order valence-electron chi connectivity index (χ1n) is 6.55. The zero-order chi connectivity index (χ0) is 14.8. The quantitative estimate of drug-likeness (QED) is 0.928. The summed E-state index contributed by atoms with van der Waals surface area (Å²) in [6.07, 6.45) is -0.202. The van der Waals surface area contributed by atoms with Gasteiger partial charge in [0.2, 0.25) is 0 Å². The van der Waals surface area contributed by atoms with Crippen molar-refractivity contribution in [2.24, 2.45) is 0 Å². The number of hydrogen-bond donors (Lipinski definition) is 1. The van der Waals surface area contributed by atoms with Gasteiger partial charge in [-0.25, -0.2) is 4.98 Å². The second-order valence-corrected chi connectivity index (χ2v) is 5.46. The summed E-state index contributed by atoms with van der Waals surface area (Å²) in [5.74, 6) is 0.382. The Bertz CT molecular complexity index is 459. The maximum Gasteiger partial charge on any atom is 0.417 e. The van der Waals surface area contributed by atoms with E-state index in [1.807, 2.05) is 0 Å². The van der Waals surface area contributed by atoms with Crippen molar-refractivity contribution in [3.63, 3.8) is 0 Å². The molecule has 2 heterocycles. The average molecular weight is 308 g/mol. The molecule has 1 aromatic rings. The molecule has 0 saturated carbocycles. The summed E-state index contributed by atoms with van der Waals surface area (Å²) >= 11 is 5.92. The van der Waals surface area contributed by atoms with Crippen molar-refractivity contribution in [1.29, 1.82) is 0 Å². The lowest BCUT2D eigenvalue weighted by molar-refractivity contribution is -0.137. The van der Waals surface area contributed by atoms with Crippen molar-refractivity contribution in [2.45, 2.75) is 31.5 Å². The van der Waals surface area contributed by atoms with Gasteiger partial charge in [0.05, 0.1) is 10.6 Å². The molecule has 1 unspecified atom stereocenters. The molecule has 3 nitrogen and oxygen atoms in total. The van der Waals surface area contributed by atoms with E-state index in [9.17, 15) is 13.2 Å². The van der Waals surface area contributed by atoms with E-state index in [2.05, 4.69) is 10.3 Å². The molecule has 1 aliphatic rings. The van der Waals surface area contributed by atoms with Crippen LogP contribution in [0.15, 0.2) is 12.3 Å². The number of anilines is 1. The number of hydrogen-bond acceptors (Lipinski definition) is 3. The minimum Gasteiger partial charge on any atom is -0.357 e. The zero-order valence-corrected chi connectivity index (χ0v) is 11.9. The van der Waals surface area contributed by atoms with Gasteiger partial charge in [-0.3, -0.25) is 0 Å². The Morgan fingerprint density at radius 2 is 2.20 bits per heavy atom. The zero-order valence-electron chi connectivity index (χ0n) is 11.2. The number of nitrogens with zero attached hydrogens (tertiary/aromatic N) is 2. The Balaban J connectivity index is 2.07. The average Bonchev–Trinajstić information content (AvgIpc) is 2.38. The van der Waals surface area contributed by atoms with Gasteiger partial charge >= 0.3 is 6.18 Å². The molecule has 0 spiro atoms. The smallest absolute Gasteiger partial charge is 0.357 e. The van der Waals surface area contributed by atoms with E-state index in [0.717, 1.165) is 25.2 Å². The lowest BCUT2D eigenvalue weighted by Gasteiger charge is -2.29. The number of rotatable bonds is 3. The van der Waals surface area contributed by atoms with Crippen molar-refractivity contribution >= 4 is 17.4 Å². The van der Waals surface area contributed by atoms with Crippen LogP contribution in [0.25, 0.3) is 0 Å². The van der Waals surface area contributed by atoms with Crippen molar-refractivity contribution in [3.8, 4) is 0 Å². The lowest BCUT2D eigenvalue weighted by Crippen LogP contribution is -2.42. The Morgan fingerprint density at radius 1 is 1.45 bits per heavy atom. The summed E-state index contributed by atoms with van der Waals surface area (Å²) in [4.78, 5) is 5.65. The number of pyridine rings is 1. The number of nitrogens with one attached hydrogen (secondary N) is 1. The molecule has 1 saturated heterocycles. The van der Waals surface area contributed by atoms with E-state index >= 15 is 0 Å². The molecule has 1 atom stereocenters. The normalized spacial score (nSPS) is 19.9. The van der Waals surface area contributed by atoms with Crippen LogP contribution >= 0.6 is 11.6 Å². The topological polar surface area (TPSA) is 28.2 Å². The molecule has 2 rings (SSSR count). The van der Waals surface area contributed by atoms with Crippen molar-refractivity contribution in [3.05, 3.63) is 22.8 Å². The van der Waals surface area contributed by atoms with Crippen LogP contribution in [-0.4, -0.2) is 31.2 Å². The third-order valence-corrected chi connectivity index (χ3v) is 3.70.